The molecule has 4 nitrogen and oxygen atoms in total. The van der Waals surface area contributed by atoms with Gasteiger partial charge in [0.15, 0.2) is 0 Å². The van der Waals surface area contributed by atoms with Gasteiger partial charge in [0.25, 0.3) is 0 Å². The average Bonchev–Trinajstić information content (AvgIpc) is 2.90. The van der Waals surface area contributed by atoms with E-state index in [9.17, 15) is 4.79 Å². The zero-order chi connectivity index (χ0) is 15.1. The summed E-state index contributed by atoms with van der Waals surface area (Å²) in [5.41, 5.74) is 1.39. The molecule has 0 aromatic heterocycles. The van der Waals surface area contributed by atoms with Gasteiger partial charge in [-0.3, -0.25) is 9.69 Å². The molecule has 1 aliphatic heterocycles. The predicted octanol–water partition coefficient (Wildman–Crippen LogP) is 2.19. The van der Waals surface area contributed by atoms with E-state index in [0.29, 0.717) is 13.2 Å². The van der Waals surface area contributed by atoms with Crippen LogP contribution in [0.2, 0.25) is 0 Å². The lowest BCUT2D eigenvalue weighted by Gasteiger charge is -2.29. The molecule has 4 heteroatoms. The van der Waals surface area contributed by atoms with Crippen LogP contribution in [0.3, 0.4) is 0 Å². The fourth-order valence-electron chi connectivity index (χ4n) is 2.96. The lowest BCUT2D eigenvalue weighted by molar-refractivity contribution is -0.142. The van der Waals surface area contributed by atoms with Crippen molar-refractivity contribution in [1.82, 2.24) is 10.2 Å². The monoisotopic (exact) mass is 290 g/mol. The highest BCUT2D eigenvalue weighted by Crippen LogP contribution is 2.25. The SMILES string of the molecule is CCOC(=O)CN[C@@]1(CC)CCN(Cc2ccccc2)C1. The number of ether oxygens (including phenoxy) is 1. The molecule has 0 unspecified atom stereocenters. The van der Waals surface area contributed by atoms with Crippen molar-refractivity contribution < 1.29 is 9.53 Å². The molecule has 0 radical (unpaired) electrons. The van der Waals surface area contributed by atoms with Crippen LogP contribution < -0.4 is 5.32 Å². The van der Waals surface area contributed by atoms with Crippen molar-refractivity contribution in [3.05, 3.63) is 35.9 Å². The molecule has 21 heavy (non-hydrogen) atoms. The third-order valence-corrected chi connectivity index (χ3v) is 4.27. The summed E-state index contributed by atoms with van der Waals surface area (Å²) in [6.07, 6.45) is 2.10. The standard InChI is InChI=1S/C17H26N2O2/c1-3-17(18-12-16(20)21-4-2)10-11-19(14-17)13-15-8-6-5-7-9-15/h5-9,18H,3-4,10-14H2,1-2H3/t17-/m0/s1. The van der Waals surface area contributed by atoms with Gasteiger partial charge in [-0.25, -0.2) is 0 Å². The second-order valence-corrected chi connectivity index (χ2v) is 5.74. The summed E-state index contributed by atoms with van der Waals surface area (Å²) in [6, 6.07) is 10.5. The molecule has 0 saturated carbocycles. The van der Waals surface area contributed by atoms with Gasteiger partial charge >= 0.3 is 5.97 Å². The van der Waals surface area contributed by atoms with E-state index in [1.54, 1.807) is 0 Å². The number of rotatable bonds is 7. The molecule has 1 aromatic carbocycles. The van der Waals surface area contributed by atoms with Crippen molar-refractivity contribution >= 4 is 5.97 Å². The Hall–Kier alpha value is -1.39. The van der Waals surface area contributed by atoms with E-state index in [0.717, 1.165) is 32.5 Å². The van der Waals surface area contributed by atoms with Gasteiger partial charge in [0, 0.05) is 25.2 Å². The number of hydrogen-bond donors (Lipinski definition) is 1. The molecular weight excluding hydrogens is 264 g/mol. The summed E-state index contributed by atoms with van der Waals surface area (Å²) in [7, 11) is 0. The Morgan fingerprint density at radius 3 is 2.76 bits per heavy atom. The minimum absolute atomic E-state index is 0.0432. The molecular formula is C17H26N2O2. The summed E-state index contributed by atoms with van der Waals surface area (Å²) in [6.45, 7) is 7.80. The van der Waals surface area contributed by atoms with E-state index in [4.69, 9.17) is 4.74 Å². The molecule has 1 saturated heterocycles. The zero-order valence-electron chi connectivity index (χ0n) is 13.1. The van der Waals surface area contributed by atoms with Gasteiger partial charge in [-0.1, -0.05) is 37.3 Å². The first kappa shape index (κ1) is 16.0. The molecule has 0 aliphatic carbocycles. The number of benzene rings is 1. The Balaban J connectivity index is 1.86. The third kappa shape index (κ3) is 4.55. The molecule has 1 N–H and O–H groups in total. The van der Waals surface area contributed by atoms with Crippen molar-refractivity contribution in [2.24, 2.45) is 0 Å². The maximum Gasteiger partial charge on any atom is 0.319 e. The molecule has 1 heterocycles. The van der Waals surface area contributed by atoms with E-state index in [-0.39, 0.29) is 11.5 Å². The van der Waals surface area contributed by atoms with Crippen LogP contribution in [0.1, 0.15) is 32.3 Å². The maximum atomic E-state index is 11.5. The van der Waals surface area contributed by atoms with E-state index < -0.39 is 0 Å². The smallest absolute Gasteiger partial charge is 0.319 e. The number of nitrogens with zero attached hydrogens (tertiary/aromatic N) is 1. The Kier molecular flexibility index (Phi) is 5.76. The molecule has 1 atom stereocenters. The quantitative estimate of drug-likeness (QED) is 0.782. The minimum atomic E-state index is -0.160. The van der Waals surface area contributed by atoms with Crippen LogP contribution in [0.25, 0.3) is 0 Å². The topological polar surface area (TPSA) is 41.6 Å². The number of nitrogens with one attached hydrogen (secondary N) is 1. The van der Waals surface area contributed by atoms with Gasteiger partial charge < -0.3 is 10.1 Å². The van der Waals surface area contributed by atoms with Gasteiger partial charge in [-0.05, 0) is 25.3 Å². The fraction of sp³-hybridized carbons (Fsp3) is 0.588. The van der Waals surface area contributed by atoms with Crippen LogP contribution in [0.5, 0.6) is 0 Å². The Labute approximate surface area is 127 Å². The van der Waals surface area contributed by atoms with E-state index in [1.165, 1.54) is 5.56 Å². The highest BCUT2D eigenvalue weighted by atomic mass is 16.5. The largest absolute Gasteiger partial charge is 0.465 e. The second kappa shape index (κ2) is 7.57. The summed E-state index contributed by atoms with van der Waals surface area (Å²) in [5, 5.41) is 3.43. The molecule has 1 fully saturated rings. The third-order valence-electron chi connectivity index (χ3n) is 4.27. The summed E-state index contributed by atoms with van der Waals surface area (Å²) in [5.74, 6) is -0.160. The predicted molar refractivity (Wildman–Crippen MR) is 84.0 cm³/mol. The first-order valence-corrected chi connectivity index (χ1v) is 7.84. The fourth-order valence-corrected chi connectivity index (χ4v) is 2.96. The van der Waals surface area contributed by atoms with Gasteiger partial charge in [0.2, 0.25) is 0 Å². The maximum absolute atomic E-state index is 11.5. The van der Waals surface area contributed by atoms with E-state index in [2.05, 4.69) is 41.4 Å². The molecule has 1 aromatic rings. The first-order chi connectivity index (χ1) is 10.2. The molecule has 116 valence electrons. The van der Waals surface area contributed by atoms with Crippen LogP contribution >= 0.6 is 0 Å². The summed E-state index contributed by atoms with van der Waals surface area (Å²) in [4.78, 5) is 14.0. The average molecular weight is 290 g/mol. The number of carbonyl (C=O) groups excluding carboxylic acids is 1. The van der Waals surface area contributed by atoms with Crippen molar-refractivity contribution in [3.8, 4) is 0 Å². The highest BCUT2D eigenvalue weighted by Gasteiger charge is 2.36. The number of hydrogen-bond acceptors (Lipinski definition) is 4. The molecule has 0 amide bonds. The molecule has 0 spiro atoms. The van der Waals surface area contributed by atoms with Crippen LogP contribution in [0.15, 0.2) is 30.3 Å². The van der Waals surface area contributed by atoms with Crippen LogP contribution in [0.4, 0.5) is 0 Å². The van der Waals surface area contributed by atoms with E-state index in [1.807, 2.05) is 13.0 Å². The Bertz CT molecular complexity index is 449. The van der Waals surface area contributed by atoms with Crippen LogP contribution in [0, 0.1) is 0 Å². The number of likely N-dealkylation sites (tertiary alicyclic amines) is 1. The normalized spacial score (nSPS) is 22.4. The second-order valence-electron chi connectivity index (χ2n) is 5.74. The first-order valence-electron chi connectivity index (χ1n) is 7.84. The van der Waals surface area contributed by atoms with Crippen molar-refractivity contribution in [1.29, 1.82) is 0 Å². The van der Waals surface area contributed by atoms with E-state index >= 15 is 0 Å². The van der Waals surface area contributed by atoms with Gasteiger partial charge in [-0.2, -0.15) is 0 Å². The lowest BCUT2D eigenvalue weighted by atomic mass is 9.95. The summed E-state index contributed by atoms with van der Waals surface area (Å²) >= 11 is 0. The Morgan fingerprint density at radius 1 is 1.33 bits per heavy atom. The molecule has 0 bridgehead atoms. The van der Waals surface area contributed by atoms with Crippen LogP contribution in [-0.4, -0.2) is 42.6 Å². The Morgan fingerprint density at radius 2 is 2.10 bits per heavy atom. The molecule has 1 aliphatic rings. The van der Waals surface area contributed by atoms with Crippen molar-refractivity contribution in [2.75, 3.05) is 26.2 Å². The number of esters is 1. The van der Waals surface area contributed by atoms with Gasteiger partial charge in [-0.15, -0.1) is 0 Å². The number of carbonyl (C=O) groups is 1. The zero-order valence-corrected chi connectivity index (χ0v) is 13.1. The van der Waals surface area contributed by atoms with Crippen molar-refractivity contribution in [3.63, 3.8) is 0 Å². The minimum Gasteiger partial charge on any atom is -0.465 e. The van der Waals surface area contributed by atoms with Gasteiger partial charge in [0.05, 0.1) is 13.2 Å². The molecule has 2 rings (SSSR count). The van der Waals surface area contributed by atoms with Crippen LogP contribution in [-0.2, 0) is 16.1 Å². The van der Waals surface area contributed by atoms with Crippen molar-refractivity contribution in [2.45, 2.75) is 38.8 Å². The lowest BCUT2D eigenvalue weighted by Crippen LogP contribution is -2.49. The highest BCUT2D eigenvalue weighted by molar-refractivity contribution is 5.71. The summed E-state index contributed by atoms with van der Waals surface area (Å²) < 4.78 is 5.00. The van der Waals surface area contributed by atoms with Gasteiger partial charge in [0.1, 0.15) is 0 Å².